The van der Waals surface area contributed by atoms with Crippen molar-refractivity contribution < 1.29 is 0 Å². The standard InChI is InChI=1S/C16H15N3/c1-2-7-16-13(4-1)5-3-6-14(16)10-18-11-15-8-9-17-12-19-15/h1-9,12,18H,10-11H2. The largest absolute Gasteiger partial charge is 0.307 e. The quantitative estimate of drug-likeness (QED) is 0.772. The van der Waals surface area contributed by atoms with Crippen molar-refractivity contribution in [3.63, 3.8) is 0 Å². The van der Waals surface area contributed by atoms with Gasteiger partial charge in [0.15, 0.2) is 0 Å². The van der Waals surface area contributed by atoms with E-state index in [0.29, 0.717) is 0 Å². The normalized spacial score (nSPS) is 10.7. The molecule has 0 radical (unpaired) electrons. The summed E-state index contributed by atoms with van der Waals surface area (Å²) in [5.74, 6) is 0. The van der Waals surface area contributed by atoms with Crippen molar-refractivity contribution in [2.24, 2.45) is 0 Å². The molecule has 0 bridgehead atoms. The fourth-order valence-electron chi connectivity index (χ4n) is 2.19. The fourth-order valence-corrected chi connectivity index (χ4v) is 2.19. The minimum atomic E-state index is 0.756. The Kier molecular flexibility index (Phi) is 3.47. The third kappa shape index (κ3) is 2.77. The van der Waals surface area contributed by atoms with Crippen LogP contribution in [0.25, 0.3) is 10.8 Å². The number of nitrogens with one attached hydrogen (secondary N) is 1. The van der Waals surface area contributed by atoms with Crippen LogP contribution in [0.4, 0.5) is 0 Å². The maximum absolute atomic E-state index is 4.20. The Labute approximate surface area is 112 Å². The molecule has 0 aliphatic rings. The van der Waals surface area contributed by atoms with E-state index in [2.05, 4.69) is 57.7 Å². The molecule has 0 saturated heterocycles. The average molecular weight is 249 g/mol. The van der Waals surface area contributed by atoms with Gasteiger partial charge in [0, 0.05) is 19.3 Å². The summed E-state index contributed by atoms with van der Waals surface area (Å²) in [6.45, 7) is 1.59. The molecule has 94 valence electrons. The van der Waals surface area contributed by atoms with Gasteiger partial charge in [-0.3, -0.25) is 0 Å². The molecule has 0 amide bonds. The van der Waals surface area contributed by atoms with Crippen LogP contribution in [0, 0.1) is 0 Å². The van der Waals surface area contributed by atoms with Gasteiger partial charge < -0.3 is 5.32 Å². The summed E-state index contributed by atoms with van der Waals surface area (Å²) in [7, 11) is 0. The lowest BCUT2D eigenvalue weighted by molar-refractivity contribution is 0.680. The smallest absolute Gasteiger partial charge is 0.115 e. The highest BCUT2D eigenvalue weighted by molar-refractivity contribution is 5.85. The Morgan fingerprint density at radius 1 is 0.895 bits per heavy atom. The summed E-state index contributed by atoms with van der Waals surface area (Å²) < 4.78 is 0. The molecule has 0 fully saturated rings. The van der Waals surface area contributed by atoms with Gasteiger partial charge in [0.1, 0.15) is 6.33 Å². The molecule has 1 aromatic heterocycles. The van der Waals surface area contributed by atoms with Gasteiger partial charge in [0.2, 0.25) is 0 Å². The second-order valence-electron chi connectivity index (χ2n) is 4.44. The zero-order valence-electron chi connectivity index (χ0n) is 10.6. The Morgan fingerprint density at radius 2 is 1.79 bits per heavy atom. The van der Waals surface area contributed by atoms with Gasteiger partial charge in [-0.25, -0.2) is 9.97 Å². The van der Waals surface area contributed by atoms with E-state index in [4.69, 9.17) is 0 Å². The van der Waals surface area contributed by atoms with Crippen LogP contribution in [0.15, 0.2) is 61.1 Å². The highest BCUT2D eigenvalue weighted by Gasteiger charge is 2.00. The second-order valence-corrected chi connectivity index (χ2v) is 4.44. The number of benzene rings is 2. The van der Waals surface area contributed by atoms with E-state index in [-0.39, 0.29) is 0 Å². The lowest BCUT2D eigenvalue weighted by atomic mass is 10.0. The molecule has 0 aliphatic carbocycles. The molecule has 1 N–H and O–H groups in total. The van der Waals surface area contributed by atoms with Crippen LogP contribution in [0.1, 0.15) is 11.3 Å². The Hall–Kier alpha value is -2.26. The van der Waals surface area contributed by atoms with Crippen molar-refractivity contribution in [1.29, 1.82) is 0 Å². The summed E-state index contributed by atoms with van der Waals surface area (Å²) in [5.41, 5.74) is 2.32. The molecule has 3 aromatic rings. The number of aromatic nitrogens is 2. The minimum Gasteiger partial charge on any atom is -0.307 e. The SMILES string of the molecule is c1ccc2c(CNCc3ccncn3)cccc2c1. The van der Waals surface area contributed by atoms with E-state index in [1.165, 1.54) is 16.3 Å². The van der Waals surface area contributed by atoms with Gasteiger partial charge in [0.05, 0.1) is 5.69 Å². The highest BCUT2D eigenvalue weighted by Crippen LogP contribution is 2.18. The van der Waals surface area contributed by atoms with E-state index < -0.39 is 0 Å². The van der Waals surface area contributed by atoms with E-state index in [1.807, 2.05) is 6.07 Å². The predicted molar refractivity (Wildman–Crippen MR) is 76.5 cm³/mol. The summed E-state index contributed by atoms with van der Waals surface area (Å²) in [6.07, 6.45) is 3.34. The number of nitrogens with zero attached hydrogens (tertiary/aromatic N) is 2. The molecule has 3 rings (SSSR count). The molecular weight excluding hydrogens is 234 g/mol. The lowest BCUT2D eigenvalue weighted by Crippen LogP contribution is -2.13. The van der Waals surface area contributed by atoms with Crippen molar-refractivity contribution in [3.8, 4) is 0 Å². The summed E-state index contributed by atoms with van der Waals surface area (Å²) in [6, 6.07) is 16.8. The van der Waals surface area contributed by atoms with Gasteiger partial charge in [-0.05, 0) is 22.4 Å². The molecule has 19 heavy (non-hydrogen) atoms. The molecule has 3 heteroatoms. The predicted octanol–water partition coefficient (Wildman–Crippen LogP) is 2.92. The first-order chi connectivity index (χ1) is 9.43. The maximum atomic E-state index is 4.20. The van der Waals surface area contributed by atoms with Crippen LogP contribution in [-0.2, 0) is 13.1 Å². The van der Waals surface area contributed by atoms with E-state index in [0.717, 1.165) is 18.8 Å². The fraction of sp³-hybridized carbons (Fsp3) is 0.125. The molecular formula is C16H15N3. The zero-order chi connectivity index (χ0) is 12.9. The van der Waals surface area contributed by atoms with E-state index in [9.17, 15) is 0 Å². The van der Waals surface area contributed by atoms with Crippen molar-refractivity contribution in [2.45, 2.75) is 13.1 Å². The van der Waals surface area contributed by atoms with Crippen LogP contribution in [0.2, 0.25) is 0 Å². The monoisotopic (exact) mass is 249 g/mol. The van der Waals surface area contributed by atoms with Gasteiger partial charge >= 0.3 is 0 Å². The second kappa shape index (κ2) is 5.59. The van der Waals surface area contributed by atoms with Gasteiger partial charge in [-0.1, -0.05) is 42.5 Å². The zero-order valence-corrected chi connectivity index (χ0v) is 10.6. The van der Waals surface area contributed by atoms with Crippen LogP contribution in [-0.4, -0.2) is 9.97 Å². The van der Waals surface area contributed by atoms with Crippen molar-refractivity contribution >= 4 is 10.8 Å². The first kappa shape index (κ1) is 11.8. The molecule has 0 aliphatic heterocycles. The van der Waals surface area contributed by atoms with E-state index in [1.54, 1.807) is 12.5 Å². The number of hydrogen-bond donors (Lipinski definition) is 1. The summed E-state index contributed by atoms with van der Waals surface area (Å²) >= 11 is 0. The van der Waals surface area contributed by atoms with Crippen LogP contribution < -0.4 is 5.32 Å². The molecule has 0 atom stereocenters. The molecule has 3 nitrogen and oxygen atoms in total. The Morgan fingerprint density at radius 3 is 2.68 bits per heavy atom. The first-order valence-corrected chi connectivity index (χ1v) is 6.36. The van der Waals surface area contributed by atoms with Crippen LogP contribution in [0.5, 0.6) is 0 Å². The third-order valence-corrected chi connectivity index (χ3v) is 3.14. The Balaban J connectivity index is 1.72. The highest BCUT2D eigenvalue weighted by atomic mass is 14.9. The summed E-state index contributed by atoms with van der Waals surface area (Å²) in [4.78, 5) is 8.11. The van der Waals surface area contributed by atoms with Crippen LogP contribution >= 0.6 is 0 Å². The number of rotatable bonds is 4. The third-order valence-electron chi connectivity index (χ3n) is 3.14. The molecule has 0 saturated carbocycles. The minimum absolute atomic E-state index is 0.756. The maximum Gasteiger partial charge on any atom is 0.115 e. The molecule has 0 spiro atoms. The van der Waals surface area contributed by atoms with Gasteiger partial charge in [-0.15, -0.1) is 0 Å². The topological polar surface area (TPSA) is 37.8 Å². The number of hydrogen-bond acceptors (Lipinski definition) is 3. The van der Waals surface area contributed by atoms with Crippen molar-refractivity contribution in [2.75, 3.05) is 0 Å². The van der Waals surface area contributed by atoms with Crippen molar-refractivity contribution in [3.05, 3.63) is 72.3 Å². The molecule has 1 heterocycles. The first-order valence-electron chi connectivity index (χ1n) is 6.36. The summed E-state index contributed by atoms with van der Waals surface area (Å²) in [5, 5.41) is 6.01. The lowest BCUT2D eigenvalue weighted by Gasteiger charge is -2.07. The van der Waals surface area contributed by atoms with Gasteiger partial charge in [-0.2, -0.15) is 0 Å². The molecule has 0 unspecified atom stereocenters. The number of fused-ring (bicyclic) bond motifs is 1. The average Bonchev–Trinajstić information content (AvgIpc) is 2.49. The van der Waals surface area contributed by atoms with Crippen molar-refractivity contribution in [1.82, 2.24) is 15.3 Å². The van der Waals surface area contributed by atoms with Crippen LogP contribution in [0.3, 0.4) is 0 Å². The Bertz CT molecular complexity index is 660. The van der Waals surface area contributed by atoms with Gasteiger partial charge in [0.25, 0.3) is 0 Å². The van der Waals surface area contributed by atoms with E-state index >= 15 is 0 Å². The molecule has 2 aromatic carbocycles.